The lowest BCUT2D eigenvalue weighted by molar-refractivity contribution is 0.337. The van der Waals surface area contributed by atoms with E-state index in [4.69, 9.17) is 0 Å². The number of hydrogen-bond donors (Lipinski definition) is 2. The van der Waals surface area contributed by atoms with E-state index in [1.54, 1.807) is 7.05 Å². The number of H-pyrrole nitrogens is 1. The van der Waals surface area contributed by atoms with E-state index in [1.165, 1.54) is 23.3 Å². The van der Waals surface area contributed by atoms with Crippen LogP contribution in [0.2, 0.25) is 0 Å². The standard InChI is InChI=1S/C10H18N4O2S/c1-14(7-9-4-2-3-5-12-9)17(15,16)10-6-11-8-13-10/h6,8-9,12H,2-5,7H2,1H3,(H,11,13). The fourth-order valence-corrected chi connectivity index (χ4v) is 3.15. The van der Waals surface area contributed by atoms with E-state index in [0.29, 0.717) is 6.54 Å². The Morgan fingerprint density at radius 3 is 2.94 bits per heavy atom. The second-order valence-electron chi connectivity index (χ2n) is 4.35. The van der Waals surface area contributed by atoms with Gasteiger partial charge in [-0.25, -0.2) is 13.4 Å². The molecule has 17 heavy (non-hydrogen) atoms. The van der Waals surface area contributed by atoms with Gasteiger partial charge in [0.05, 0.1) is 12.5 Å². The molecular weight excluding hydrogens is 240 g/mol. The summed E-state index contributed by atoms with van der Waals surface area (Å²) in [6.07, 6.45) is 6.08. The van der Waals surface area contributed by atoms with Gasteiger partial charge in [0.2, 0.25) is 0 Å². The highest BCUT2D eigenvalue weighted by Gasteiger charge is 2.25. The van der Waals surface area contributed by atoms with Gasteiger partial charge in [0, 0.05) is 19.6 Å². The second kappa shape index (κ2) is 5.16. The Hall–Kier alpha value is -0.920. The molecule has 0 spiro atoms. The van der Waals surface area contributed by atoms with Gasteiger partial charge in [-0.15, -0.1) is 0 Å². The van der Waals surface area contributed by atoms with E-state index in [0.717, 1.165) is 19.4 Å². The molecule has 1 saturated heterocycles. The predicted molar refractivity (Wildman–Crippen MR) is 64.0 cm³/mol. The van der Waals surface area contributed by atoms with E-state index in [2.05, 4.69) is 15.3 Å². The number of imidazole rings is 1. The van der Waals surface area contributed by atoms with Gasteiger partial charge in [-0.2, -0.15) is 4.31 Å². The minimum absolute atomic E-state index is 0.149. The molecule has 1 aromatic rings. The van der Waals surface area contributed by atoms with Gasteiger partial charge in [0.1, 0.15) is 0 Å². The van der Waals surface area contributed by atoms with Crippen LogP contribution in [0.15, 0.2) is 17.6 Å². The summed E-state index contributed by atoms with van der Waals surface area (Å²) >= 11 is 0. The molecule has 1 aromatic heterocycles. The molecule has 7 heteroatoms. The molecule has 1 aliphatic heterocycles. The number of nitrogens with one attached hydrogen (secondary N) is 2. The molecule has 1 unspecified atom stereocenters. The Kier molecular flexibility index (Phi) is 3.80. The van der Waals surface area contributed by atoms with E-state index in [-0.39, 0.29) is 11.1 Å². The number of rotatable bonds is 4. The molecule has 6 nitrogen and oxygen atoms in total. The molecule has 0 amide bonds. The zero-order valence-corrected chi connectivity index (χ0v) is 10.7. The Bertz CT molecular complexity index is 437. The van der Waals surface area contributed by atoms with Crippen LogP contribution < -0.4 is 5.32 Å². The highest BCUT2D eigenvalue weighted by molar-refractivity contribution is 7.89. The van der Waals surface area contributed by atoms with Gasteiger partial charge in [0.25, 0.3) is 10.0 Å². The summed E-state index contributed by atoms with van der Waals surface area (Å²) in [5, 5.41) is 3.48. The number of piperidine rings is 1. The van der Waals surface area contributed by atoms with Crippen molar-refractivity contribution >= 4 is 10.0 Å². The lowest BCUT2D eigenvalue weighted by Gasteiger charge is -2.27. The molecule has 2 heterocycles. The molecule has 0 aromatic carbocycles. The lowest BCUT2D eigenvalue weighted by Crippen LogP contribution is -2.44. The molecular formula is C10H18N4O2S. The average molecular weight is 258 g/mol. The Balaban J connectivity index is 2.01. The van der Waals surface area contributed by atoms with Crippen molar-refractivity contribution in [3.05, 3.63) is 12.5 Å². The van der Waals surface area contributed by atoms with Crippen molar-refractivity contribution in [1.82, 2.24) is 19.6 Å². The quantitative estimate of drug-likeness (QED) is 0.807. The summed E-state index contributed by atoms with van der Waals surface area (Å²) in [5.41, 5.74) is 0. The zero-order valence-electron chi connectivity index (χ0n) is 9.89. The molecule has 96 valence electrons. The number of likely N-dealkylation sites (N-methyl/N-ethyl adjacent to an activating group) is 1. The predicted octanol–water partition coefficient (Wildman–Crippen LogP) is 0.172. The third-order valence-corrected chi connectivity index (χ3v) is 4.80. The highest BCUT2D eigenvalue weighted by atomic mass is 32.2. The van der Waals surface area contributed by atoms with E-state index >= 15 is 0 Å². The first kappa shape index (κ1) is 12.5. The lowest BCUT2D eigenvalue weighted by atomic mass is 10.1. The molecule has 0 aliphatic carbocycles. The third kappa shape index (κ3) is 2.85. The molecule has 2 rings (SSSR count). The van der Waals surface area contributed by atoms with Gasteiger partial charge >= 0.3 is 0 Å². The largest absolute Gasteiger partial charge is 0.335 e. The smallest absolute Gasteiger partial charge is 0.259 e. The van der Waals surface area contributed by atoms with Crippen LogP contribution in [0, 0.1) is 0 Å². The van der Waals surface area contributed by atoms with Crippen molar-refractivity contribution in [3.63, 3.8) is 0 Å². The van der Waals surface area contributed by atoms with Crippen LogP contribution in [0.4, 0.5) is 0 Å². The molecule has 0 saturated carbocycles. The van der Waals surface area contributed by atoms with Crippen LogP contribution in [0.3, 0.4) is 0 Å². The first-order valence-corrected chi connectivity index (χ1v) is 7.23. The summed E-state index contributed by atoms with van der Waals surface area (Å²) in [7, 11) is -1.82. The topological polar surface area (TPSA) is 78.1 Å². The first-order chi connectivity index (χ1) is 8.10. The Labute approximate surface area is 101 Å². The van der Waals surface area contributed by atoms with Crippen LogP contribution in [0.5, 0.6) is 0 Å². The molecule has 1 fully saturated rings. The maximum Gasteiger partial charge on any atom is 0.259 e. The Morgan fingerprint density at radius 2 is 2.35 bits per heavy atom. The van der Waals surface area contributed by atoms with Crippen molar-refractivity contribution in [2.75, 3.05) is 20.1 Å². The van der Waals surface area contributed by atoms with Crippen molar-refractivity contribution < 1.29 is 8.42 Å². The maximum absolute atomic E-state index is 12.1. The maximum atomic E-state index is 12.1. The van der Waals surface area contributed by atoms with Crippen molar-refractivity contribution in [3.8, 4) is 0 Å². The van der Waals surface area contributed by atoms with Crippen LogP contribution in [0.25, 0.3) is 0 Å². The van der Waals surface area contributed by atoms with E-state index in [9.17, 15) is 8.42 Å². The highest BCUT2D eigenvalue weighted by Crippen LogP contribution is 2.13. The van der Waals surface area contributed by atoms with Crippen LogP contribution in [-0.2, 0) is 10.0 Å². The van der Waals surface area contributed by atoms with E-state index in [1.807, 2.05) is 0 Å². The van der Waals surface area contributed by atoms with Crippen LogP contribution in [-0.4, -0.2) is 48.9 Å². The van der Waals surface area contributed by atoms with Crippen LogP contribution in [0.1, 0.15) is 19.3 Å². The van der Waals surface area contributed by atoms with Crippen molar-refractivity contribution in [1.29, 1.82) is 0 Å². The number of hydrogen-bond acceptors (Lipinski definition) is 4. The zero-order chi connectivity index (χ0) is 12.3. The van der Waals surface area contributed by atoms with Crippen molar-refractivity contribution in [2.24, 2.45) is 0 Å². The number of nitrogens with zero attached hydrogens (tertiary/aromatic N) is 2. The number of sulfonamides is 1. The fraction of sp³-hybridized carbons (Fsp3) is 0.700. The minimum Gasteiger partial charge on any atom is -0.335 e. The molecule has 0 bridgehead atoms. The summed E-state index contributed by atoms with van der Waals surface area (Å²) in [4.78, 5) is 6.38. The summed E-state index contributed by atoms with van der Waals surface area (Å²) in [6, 6.07) is 0.256. The first-order valence-electron chi connectivity index (χ1n) is 5.79. The summed E-state index contributed by atoms with van der Waals surface area (Å²) < 4.78 is 25.6. The van der Waals surface area contributed by atoms with Gasteiger partial charge in [-0.3, -0.25) is 0 Å². The molecule has 0 radical (unpaired) electrons. The monoisotopic (exact) mass is 258 g/mol. The SMILES string of the molecule is CN(CC1CCCCN1)S(=O)(=O)c1cnc[nH]1. The van der Waals surface area contributed by atoms with Gasteiger partial charge in [-0.1, -0.05) is 6.42 Å². The Morgan fingerprint density at radius 1 is 1.53 bits per heavy atom. The van der Waals surface area contributed by atoms with E-state index < -0.39 is 10.0 Å². The number of aromatic amines is 1. The number of aromatic nitrogens is 2. The van der Waals surface area contributed by atoms with Gasteiger partial charge in [0.15, 0.2) is 5.03 Å². The normalized spacial score (nSPS) is 21.9. The van der Waals surface area contributed by atoms with Crippen LogP contribution >= 0.6 is 0 Å². The minimum atomic E-state index is -3.42. The molecule has 2 N–H and O–H groups in total. The third-order valence-electron chi connectivity index (χ3n) is 3.05. The van der Waals surface area contributed by atoms with Gasteiger partial charge in [-0.05, 0) is 19.4 Å². The molecule has 1 aliphatic rings. The fourth-order valence-electron chi connectivity index (χ4n) is 2.04. The van der Waals surface area contributed by atoms with Crippen molar-refractivity contribution in [2.45, 2.75) is 30.3 Å². The second-order valence-corrected chi connectivity index (χ2v) is 6.36. The average Bonchev–Trinajstić information content (AvgIpc) is 2.84. The summed E-state index contributed by atoms with van der Waals surface area (Å²) in [5.74, 6) is 0. The van der Waals surface area contributed by atoms with Gasteiger partial charge < -0.3 is 10.3 Å². The summed E-state index contributed by atoms with van der Waals surface area (Å²) in [6.45, 7) is 1.48. The molecule has 1 atom stereocenters.